The lowest BCUT2D eigenvalue weighted by molar-refractivity contribution is 1.28. The van der Waals surface area contributed by atoms with Crippen LogP contribution in [0.4, 0.5) is 0 Å². The summed E-state index contributed by atoms with van der Waals surface area (Å²) < 4.78 is 6.75. The Hall–Kier alpha value is -6.66. The molecule has 0 amide bonds. The van der Waals surface area contributed by atoms with Gasteiger partial charge in [-0.1, -0.05) is 89.1 Å². The number of aromatic nitrogens is 3. The number of fused-ring (bicyclic) bond motifs is 12. The molecule has 0 N–H and O–H groups in total. The van der Waals surface area contributed by atoms with Crippen molar-refractivity contribution >= 4 is 84.0 Å². The summed E-state index contributed by atoms with van der Waals surface area (Å²) in [7, 11) is 0. The predicted molar refractivity (Wildman–Crippen MR) is 193 cm³/mol. The summed E-state index contributed by atoms with van der Waals surface area (Å²) in [5, 5.41) is 13.9. The molecular formula is C37H27N9. The molecule has 0 radical (unpaired) electrons. The van der Waals surface area contributed by atoms with Crippen LogP contribution in [0.2, 0.25) is 0 Å². The molecule has 9 nitrogen and oxygen atoms in total. The largest absolute Gasteiger partial charge is 0.315 e. The monoisotopic (exact) mass is 597 g/mol. The second kappa shape index (κ2) is 12.1. The lowest BCUT2D eigenvalue weighted by Crippen LogP contribution is -1.91. The molecule has 0 atom stereocenters. The quantitative estimate of drug-likeness (QED) is 0.0718. The number of allylic oxidation sites excluding steroid dienone is 7. The highest BCUT2D eigenvalue weighted by Gasteiger charge is 2.26. The highest BCUT2D eigenvalue weighted by Crippen LogP contribution is 2.48. The number of rotatable bonds is 8. The minimum Gasteiger partial charge on any atom is -0.315 e. The molecule has 3 aromatic heterocycles. The maximum absolute atomic E-state index is 8.75. The van der Waals surface area contributed by atoms with Crippen LogP contribution in [-0.2, 0) is 0 Å². The Morgan fingerprint density at radius 2 is 0.848 bits per heavy atom. The molecule has 7 aromatic rings. The van der Waals surface area contributed by atoms with Gasteiger partial charge in [0.2, 0.25) is 0 Å². The first kappa shape index (κ1) is 28.1. The minimum absolute atomic E-state index is 1.05. The van der Waals surface area contributed by atoms with Crippen molar-refractivity contribution in [3.8, 4) is 0 Å². The predicted octanol–water partition coefficient (Wildman–Crippen LogP) is 11.6. The van der Waals surface area contributed by atoms with E-state index in [2.05, 4.69) is 119 Å². The summed E-state index contributed by atoms with van der Waals surface area (Å²) >= 11 is 0. The van der Waals surface area contributed by atoms with Crippen molar-refractivity contribution in [3.05, 3.63) is 149 Å². The minimum atomic E-state index is 1.05. The number of hydrogen-bond acceptors (Lipinski definition) is 2. The molecule has 220 valence electrons. The van der Waals surface area contributed by atoms with E-state index in [0.29, 0.717) is 0 Å². The first-order chi connectivity index (χ1) is 22.8. The summed E-state index contributed by atoms with van der Waals surface area (Å²) in [6, 6.07) is 25.4. The summed E-state index contributed by atoms with van der Waals surface area (Å²) in [6.07, 6.45) is 22.4. The number of para-hydroxylation sites is 3. The Balaban J connectivity index is 1.80. The van der Waals surface area contributed by atoms with E-state index in [0.717, 1.165) is 65.4 Å². The second-order valence-electron chi connectivity index (χ2n) is 10.5. The molecule has 0 aliphatic heterocycles. The maximum atomic E-state index is 8.75. The van der Waals surface area contributed by atoms with E-state index in [1.165, 1.54) is 12.4 Å². The molecule has 0 aliphatic rings. The highest BCUT2D eigenvalue weighted by atomic mass is 15.1. The van der Waals surface area contributed by atoms with Crippen LogP contribution in [0.3, 0.4) is 0 Å². The van der Waals surface area contributed by atoms with Gasteiger partial charge in [0.15, 0.2) is 0 Å². The van der Waals surface area contributed by atoms with Crippen LogP contribution < -0.4 is 0 Å². The molecule has 0 bridgehead atoms. The fourth-order valence-electron chi connectivity index (χ4n) is 6.47. The fraction of sp³-hybridized carbons (Fsp3) is 0.0270. The van der Waals surface area contributed by atoms with Gasteiger partial charge in [0.1, 0.15) is 0 Å². The average Bonchev–Trinajstić information content (AvgIpc) is 3.71. The maximum Gasteiger partial charge on any atom is 0.0656 e. The van der Waals surface area contributed by atoms with E-state index in [9.17, 15) is 0 Å². The van der Waals surface area contributed by atoms with E-state index in [1.54, 1.807) is 12.2 Å². The standard InChI is InChI=1S/C37H27N9/c1-2-3-12-23-44-29-18-7-4-15-26(29)32-35(44)33-27-16-5-8-19-30(27)45(24-13-10-21-40-42-38)37(33)34-28-17-6-9-20-31(28)46(36(32)34)25-14-11-22-41-43-39/h2-25H,1H3/b3-2+,21-10+,22-11+,23-12+,24-13+,25-14+. The van der Waals surface area contributed by atoms with Crippen molar-refractivity contribution in [3.63, 3.8) is 0 Å². The van der Waals surface area contributed by atoms with Gasteiger partial charge in [0.05, 0.1) is 33.1 Å². The molecule has 0 spiro atoms. The van der Waals surface area contributed by atoms with Crippen molar-refractivity contribution in [2.24, 2.45) is 10.2 Å². The van der Waals surface area contributed by atoms with Crippen molar-refractivity contribution in [1.82, 2.24) is 13.7 Å². The van der Waals surface area contributed by atoms with Crippen LogP contribution >= 0.6 is 0 Å². The third-order valence-corrected chi connectivity index (χ3v) is 8.08. The zero-order chi connectivity index (χ0) is 31.5. The van der Waals surface area contributed by atoms with Crippen molar-refractivity contribution in [2.45, 2.75) is 6.92 Å². The Morgan fingerprint density at radius 1 is 0.500 bits per heavy atom. The number of hydrogen-bond donors (Lipinski definition) is 0. The van der Waals surface area contributed by atoms with E-state index < -0.39 is 0 Å². The molecule has 46 heavy (non-hydrogen) atoms. The summed E-state index contributed by atoms with van der Waals surface area (Å²) in [6.45, 7) is 2.01. The van der Waals surface area contributed by atoms with Crippen LogP contribution in [0.15, 0.2) is 138 Å². The van der Waals surface area contributed by atoms with Gasteiger partial charge in [0, 0.05) is 73.1 Å². The smallest absolute Gasteiger partial charge is 0.0656 e. The molecule has 0 saturated carbocycles. The van der Waals surface area contributed by atoms with Crippen LogP contribution in [-0.4, -0.2) is 13.7 Å². The third-order valence-electron chi connectivity index (χ3n) is 8.08. The molecule has 7 rings (SSSR count). The van der Waals surface area contributed by atoms with Gasteiger partial charge in [-0.15, -0.1) is 0 Å². The zero-order valence-corrected chi connectivity index (χ0v) is 24.9. The van der Waals surface area contributed by atoms with Gasteiger partial charge in [-0.3, -0.25) is 0 Å². The molecule has 4 aromatic carbocycles. The normalized spacial score (nSPS) is 12.8. The molecular weight excluding hydrogens is 570 g/mol. The van der Waals surface area contributed by atoms with Gasteiger partial charge >= 0.3 is 0 Å². The number of nitrogens with zero attached hydrogens (tertiary/aromatic N) is 9. The molecule has 9 heteroatoms. The number of benzene rings is 4. The summed E-state index contributed by atoms with van der Waals surface area (Å²) in [4.78, 5) is 5.66. The van der Waals surface area contributed by atoms with Crippen LogP contribution in [0, 0.1) is 0 Å². The lowest BCUT2D eigenvalue weighted by Gasteiger charge is -2.08. The van der Waals surface area contributed by atoms with E-state index in [-0.39, 0.29) is 0 Å². The van der Waals surface area contributed by atoms with Gasteiger partial charge in [-0.05, 0) is 54.4 Å². The molecule has 0 aliphatic carbocycles. The lowest BCUT2D eigenvalue weighted by atomic mass is 10.0. The topological polar surface area (TPSA) is 112 Å². The number of azide groups is 2. The first-order valence-corrected chi connectivity index (χ1v) is 14.7. The van der Waals surface area contributed by atoms with Crippen molar-refractivity contribution in [2.75, 3.05) is 0 Å². The second-order valence-corrected chi connectivity index (χ2v) is 10.5. The first-order valence-electron chi connectivity index (χ1n) is 14.7. The molecule has 0 saturated heterocycles. The Kier molecular flexibility index (Phi) is 7.43. The Labute approximate surface area is 263 Å². The van der Waals surface area contributed by atoms with E-state index in [4.69, 9.17) is 11.1 Å². The fourth-order valence-corrected chi connectivity index (χ4v) is 6.47. The van der Waals surface area contributed by atoms with Crippen molar-refractivity contribution < 1.29 is 0 Å². The van der Waals surface area contributed by atoms with E-state index in [1.807, 2.05) is 43.6 Å². The Bertz CT molecular complexity index is 2530. The van der Waals surface area contributed by atoms with Gasteiger partial charge in [-0.2, -0.15) is 0 Å². The van der Waals surface area contributed by atoms with Crippen LogP contribution in [0.25, 0.3) is 105 Å². The van der Waals surface area contributed by atoms with Crippen LogP contribution in [0.5, 0.6) is 0 Å². The zero-order valence-electron chi connectivity index (χ0n) is 24.9. The van der Waals surface area contributed by atoms with Gasteiger partial charge < -0.3 is 13.7 Å². The van der Waals surface area contributed by atoms with Crippen molar-refractivity contribution in [1.29, 1.82) is 0 Å². The molecule has 0 fully saturated rings. The third kappa shape index (κ3) is 4.44. The molecule has 3 heterocycles. The van der Waals surface area contributed by atoms with Gasteiger partial charge in [0.25, 0.3) is 0 Å². The summed E-state index contributed by atoms with van der Waals surface area (Å²) in [5.41, 5.74) is 23.9. The SMILES string of the molecule is C/C=C/C=C/n1c2ccccc2c2c1c1c3ccccc3n(/C=C/C=C/N=[N+]=[N-])c1c1c3ccccc3n(/C=C/C=C/N=[N+]=[N-])c21. The Morgan fingerprint density at radius 3 is 1.20 bits per heavy atom. The average molecular weight is 598 g/mol. The molecule has 0 unspecified atom stereocenters. The summed E-state index contributed by atoms with van der Waals surface area (Å²) in [5.74, 6) is 0. The van der Waals surface area contributed by atoms with Gasteiger partial charge in [-0.25, -0.2) is 0 Å². The van der Waals surface area contributed by atoms with Crippen LogP contribution in [0.1, 0.15) is 6.92 Å². The van der Waals surface area contributed by atoms with E-state index >= 15 is 0 Å². The highest BCUT2D eigenvalue weighted by molar-refractivity contribution is 6.40.